The summed E-state index contributed by atoms with van der Waals surface area (Å²) in [6, 6.07) is 13.7. The predicted octanol–water partition coefficient (Wildman–Crippen LogP) is 4.62. The molecule has 2 aromatic rings. The molecule has 0 bridgehead atoms. The topological polar surface area (TPSA) is 46.2 Å². The van der Waals surface area contributed by atoms with E-state index in [4.69, 9.17) is 11.6 Å². The van der Waals surface area contributed by atoms with Crippen molar-refractivity contribution >= 4 is 28.9 Å². The van der Waals surface area contributed by atoms with Gasteiger partial charge in [-0.25, -0.2) is 0 Å². The highest BCUT2D eigenvalue weighted by Crippen LogP contribution is 2.16. The van der Waals surface area contributed by atoms with Crippen molar-refractivity contribution in [3.63, 3.8) is 0 Å². The Bertz CT molecular complexity index is 680. The minimum Gasteiger partial charge on any atom is -0.375 e. The lowest BCUT2D eigenvalue weighted by Crippen LogP contribution is -2.26. The van der Waals surface area contributed by atoms with Crippen LogP contribution in [0, 0.1) is 0 Å². The van der Waals surface area contributed by atoms with Crippen LogP contribution in [-0.4, -0.2) is 17.6 Å². The standard InChI is InChI=1S/C18H18ClNO2/c1-3-17(21)13-5-4-6-14(11-13)18(22)12(2)20-16-9-7-15(19)8-10-16/h4-12,20H,3H2,1-2H3. The van der Waals surface area contributed by atoms with Gasteiger partial charge in [0, 0.05) is 28.3 Å². The molecule has 1 atom stereocenters. The molecule has 0 fully saturated rings. The monoisotopic (exact) mass is 315 g/mol. The van der Waals surface area contributed by atoms with E-state index < -0.39 is 6.04 Å². The summed E-state index contributed by atoms with van der Waals surface area (Å²) < 4.78 is 0. The summed E-state index contributed by atoms with van der Waals surface area (Å²) in [6.07, 6.45) is 0.427. The Morgan fingerprint density at radius 3 is 2.36 bits per heavy atom. The molecular weight excluding hydrogens is 298 g/mol. The SMILES string of the molecule is CCC(=O)c1cccc(C(=O)C(C)Nc2ccc(Cl)cc2)c1. The Hall–Kier alpha value is -2.13. The van der Waals surface area contributed by atoms with Crippen LogP contribution in [-0.2, 0) is 0 Å². The van der Waals surface area contributed by atoms with Crippen molar-refractivity contribution in [3.05, 3.63) is 64.7 Å². The normalized spacial score (nSPS) is 11.8. The number of rotatable bonds is 6. The van der Waals surface area contributed by atoms with E-state index in [1.807, 2.05) is 19.1 Å². The highest BCUT2D eigenvalue weighted by molar-refractivity contribution is 6.30. The van der Waals surface area contributed by atoms with Crippen LogP contribution in [0.5, 0.6) is 0 Å². The fourth-order valence-corrected chi connectivity index (χ4v) is 2.29. The van der Waals surface area contributed by atoms with Crippen LogP contribution in [0.4, 0.5) is 5.69 Å². The van der Waals surface area contributed by atoms with Crippen molar-refractivity contribution in [2.75, 3.05) is 5.32 Å². The summed E-state index contributed by atoms with van der Waals surface area (Å²) in [5, 5.41) is 3.79. The van der Waals surface area contributed by atoms with Gasteiger partial charge in [-0.3, -0.25) is 9.59 Å². The Morgan fingerprint density at radius 2 is 1.73 bits per heavy atom. The van der Waals surface area contributed by atoms with Crippen molar-refractivity contribution in [3.8, 4) is 0 Å². The summed E-state index contributed by atoms with van der Waals surface area (Å²) in [6.45, 7) is 3.60. The molecule has 1 N–H and O–H groups in total. The number of hydrogen-bond acceptors (Lipinski definition) is 3. The van der Waals surface area contributed by atoms with E-state index in [2.05, 4.69) is 5.32 Å². The van der Waals surface area contributed by atoms with Gasteiger partial charge in [0.05, 0.1) is 6.04 Å². The molecule has 0 heterocycles. The first kappa shape index (κ1) is 16.2. The highest BCUT2D eigenvalue weighted by atomic mass is 35.5. The molecule has 0 saturated heterocycles. The third-order valence-corrected chi connectivity index (χ3v) is 3.66. The van der Waals surface area contributed by atoms with E-state index in [-0.39, 0.29) is 11.6 Å². The molecule has 2 rings (SSSR count). The van der Waals surface area contributed by atoms with Gasteiger partial charge in [0.15, 0.2) is 11.6 Å². The molecule has 0 spiro atoms. The number of hydrogen-bond donors (Lipinski definition) is 1. The molecule has 0 saturated carbocycles. The molecular formula is C18H18ClNO2. The Kier molecular flexibility index (Phi) is 5.34. The molecule has 0 aromatic heterocycles. The van der Waals surface area contributed by atoms with Gasteiger partial charge >= 0.3 is 0 Å². The number of ketones is 2. The number of carbonyl (C=O) groups excluding carboxylic acids is 2. The van der Waals surface area contributed by atoms with Crippen molar-refractivity contribution < 1.29 is 9.59 Å². The maximum absolute atomic E-state index is 12.5. The molecule has 0 amide bonds. The molecule has 4 heteroatoms. The first-order valence-electron chi connectivity index (χ1n) is 7.21. The van der Waals surface area contributed by atoms with Gasteiger partial charge in [-0.15, -0.1) is 0 Å². The minimum atomic E-state index is -0.395. The van der Waals surface area contributed by atoms with E-state index in [1.165, 1.54) is 0 Å². The van der Waals surface area contributed by atoms with Crippen LogP contribution >= 0.6 is 11.6 Å². The lowest BCUT2D eigenvalue weighted by molar-refractivity contribution is 0.0975. The number of benzene rings is 2. The molecule has 0 aliphatic heterocycles. The first-order chi connectivity index (χ1) is 10.5. The second kappa shape index (κ2) is 7.23. The van der Waals surface area contributed by atoms with Crippen molar-refractivity contribution in [1.82, 2.24) is 0 Å². The molecule has 0 aliphatic rings. The number of nitrogens with one attached hydrogen (secondary N) is 1. The van der Waals surface area contributed by atoms with Crippen LogP contribution in [0.2, 0.25) is 5.02 Å². The number of anilines is 1. The fraction of sp³-hybridized carbons (Fsp3) is 0.222. The zero-order chi connectivity index (χ0) is 16.1. The van der Waals surface area contributed by atoms with Gasteiger partial charge in [-0.2, -0.15) is 0 Å². The van der Waals surface area contributed by atoms with Gasteiger partial charge in [-0.1, -0.05) is 36.7 Å². The smallest absolute Gasteiger partial charge is 0.184 e. The van der Waals surface area contributed by atoms with Gasteiger partial charge < -0.3 is 5.32 Å². The maximum atomic E-state index is 12.5. The van der Waals surface area contributed by atoms with E-state index >= 15 is 0 Å². The van der Waals surface area contributed by atoms with Gasteiger partial charge in [-0.05, 0) is 37.3 Å². The quantitative estimate of drug-likeness (QED) is 0.791. The molecule has 114 valence electrons. The zero-order valence-electron chi connectivity index (χ0n) is 12.6. The second-order valence-electron chi connectivity index (χ2n) is 5.09. The number of carbonyl (C=O) groups is 2. The van der Waals surface area contributed by atoms with E-state index in [9.17, 15) is 9.59 Å². The third kappa shape index (κ3) is 3.95. The van der Waals surface area contributed by atoms with Gasteiger partial charge in [0.25, 0.3) is 0 Å². The summed E-state index contributed by atoms with van der Waals surface area (Å²) in [5.74, 6) is -0.0198. The zero-order valence-corrected chi connectivity index (χ0v) is 13.4. The van der Waals surface area contributed by atoms with Crippen molar-refractivity contribution in [2.45, 2.75) is 26.3 Å². The van der Waals surface area contributed by atoms with E-state index in [0.717, 1.165) is 5.69 Å². The van der Waals surface area contributed by atoms with Crippen molar-refractivity contribution in [2.24, 2.45) is 0 Å². The summed E-state index contributed by atoms with van der Waals surface area (Å²) in [7, 11) is 0. The van der Waals surface area contributed by atoms with Crippen LogP contribution in [0.1, 0.15) is 41.0 Å². The predicted molar refractivity (Wildman–Crippen MR) is 89.9 cm³/mol. The summed E-state index contributed by atoms with van der Waals surface area (Å²) in [4.78, 5) is 24.2. The summed E-state index contributed by atoms with van der Waals surface area (Å²) in [5.41, 5.74) is 1.94. The molecule has 3 nitrogen and oxygen atoms in total. The Balaban J connectivity index is 2.13. The lowest BCUT2D eigenvalue weighted by atomic mass is 10.00. The average Bonchev–Trinajstić information content (AvgIpc) is 2.55. The maximum Gasteiger partial charge on any atom is 0.184 e. The average molecular weight is 316 g/mol. The summed E-state index contributed by atoms with van der Waals surface area (Å²) >= 11 is 5.84. The minimum absolute atomic E-state index is 0.0352. The highest BCUT2D eigenvalue weighted by Gasteiger charge is 2.16. The van der Waals surface area contributed by atoms with E-state index in [1.54, 1.807) is 43.3 Å². The first-order valence-corrected chi connectivity index (χ1v) is 7.58. The van der Waals surface area contributed by atoms with Crippen molar-refractivity contribution in [1.29, 1.82) is 0 Å². The number of Topliss-reactive ketones (excluding diaryl/α,β-unsaturated/α-hetero) is 2. The third-order valence-electron chi connectivity index (χ3n) is 3.41. The molecule has 0 radical (unpaired) electrons. The lowest BCUT2D eigenvalue weighted by Gasteiger charge is -2.14. The van der Waals surface area contributed by atoms with Crippen LogP contribution in [0.25, 0.3) is 0 Å². The molecule has 0 aliphatic carbocycles. The fourth-order valence-electron chi connectivity index (χ4n) is 2.16. The Morgan fingerprint density at radius 1 is 1.09 bits per heavy atom. The van der Waals surface area contributed by atoms with Crippen LogP contribution in [0.3, 0.4) is 0 Å². The largest absolute Gasteiger partial charge is 0.375 e. The second-order valence-corrected chi connectivity index (χ2v) is 5.53. The van der Waals surface area contributed by atoms with Crippen LogP contribution in [0.15, 0.2) is 48.5 Å². The van der Waals surface area contributed by atoms with Crippen LogP contribution < -0.4 is 5.32 Å². The van der Waals surface area contributed by atoms with E-state index in [0.29, 0.717) is 22.6 Å². The van der Waals surface area contributed by atoms with Gasteiger partial charge in [0.1, 0.15) is 0 Å². The number of halogens is 1. The molecule has 22 heavy (non-hydrogen) atoms. The van der Waals surface area contributed by atoms with Gasteiger partial charge in [0.2, 0.25) is 0 Å². The molecule has 1 unspecified atom stereocenters. The molecule has 2 aromatic carbocycles. The Labute approximate surface area is 135 Å².